The maximum atomic E-state index is 4.49. The monoisotopic (exact) mass is 257 g/mol. The van der Waals surface area contributed by atoms with E-state index in [2.05, 4.69) is 35.2 Å². The first kappa shape index (κ1) is 12.5. The molecular weight excluding hydrogens is 234 g/mol. The highest BCUT2D eigenvalue weighted by molar-refractivity contribution is 5.91. The van der Waals surface area contributed by atoms with Crippen LogP contribution in [-0.2, 0) is 6.42 Å². The molecule has 1 saturated carbocycles. The van der Waals surface area contributed by atoms with E-state index in [4.69, 9.17) is 0 Å². The smallest absolute Gasteiger partial charge is 0.139 e. The van der Waals surface area contributed by atoms with E-state index in [1.54, 1.807) is 0 Å². The summed E-state index contributed by atoms with van der Waals surface area (Å²) in [7, 11) is 0. The molecule has 0 saturated heterocycles. The van der Waals surface area contributed by atoms with Gasteiger partial charge in [-0.15, -0.1) is 0 Å². The van der Waals surface area contributed by atoms with E-state index >= 15 is 0 Å². The number of rotatable bonds is 3. The first-order valence-corrected chi connectivity index (χ1v) is 7.49. The molecule has 0 unspecified atom stereocenters. The van der Waals surface area contributed by atoms with Crippen LogP contribution in [0, 0.1) is 5.92 Å². The predicted octanol–water partition coefficient (Wildman–Crippen LogP) is 4.12. The Hall–Kier alpha value is -1.51. The van der Waals surface area contributed by atoms with Crippen molar-refractivity contribution in [2.24, 2.45) is 5.92 Å². The number of anilines is 1. The zero-order chi connectivity index (χ0) is 13.2. The third kappa shape index (κ3) is 2.46. The van der Waals surface area contributed by atoms with E-state index in [1.807, 2.05) is 12.4 Å². The zero-order valence-electron chi connectivity index (χ0n) is 11.9. The zero-order valence-corrected chi connectivity index (χ0v) is 11.9. The van der Waals surface area contributed by atoms with Crippen molar-refractivity contribution in [2.45, 2.75) is 52.0 Å². The van der Waals surface area contributed by atoms with Crippen molar-refractivity contribution in [2.75, 3.05) is 5.32 Å². The van der Waals surface area contributed by atoms with Crippen LogP contribution in [0.1, 0.15) is 45.1 Å². The second-order valence-electron chi connectivity index (χ2n) is 5.86. The van der Waals surface area contributed by atoms with Gasteiger partial charge in [0.2, 0.25) is 0 Å². The van der Waals surface area contributed by atoms with Crippen molar-refractivity contribution in [1.82, 2.24) is 9.97 Å². The highest BCUT2D eigenvalue weighted by Crippen LogP contribution is 2.31. The summed E-state index contributed by atoms with van der Waals surface area (Å²) >= 11 is 0. The predicted molar refractivity (Wildman–Crippen MR) is 80.5 cm³/mol. The fourth-order valence-corrected chi connectivity index (χ4v) is 3.26. The number of nitrogens with zero attached hydrogens (tertiary/aromatic N) is 1. The topological polar surface area (TPSA) is 40.7 Å². The molecule has 2 N–H and O–H groups in total. The first-order valence-electron chi connectivity index (χ1n) is 7.49. The average molecular weight is 257 g/mol. The largest absolute Gasteiger partial charge is 0.381 e. The Kier molecular flexibility index (Phi) is 3.45. The molecule has 1 aliphatic carbocycles. The molecule has 3 heteroatoms. The summed E-state index contributed by atoms with van der Waals surface area (Å²) in [6.07, 6.45) is 10.3. The van der Waals surface area contributed by atoms with Gasteiger partial charge in [0.25, 0.3) is 0 Å². The molecule has 0 spiro atoms. The van der Waals surface area contributed by atoms with E-state index in [1.165, 1.54) is 42.3 Å². The van der Waals surface area contributed by atoms with Gasteiger partial charge in [-0.3, -0.25) is 0 Å². The van der Waals surface area contributed by atoms with Crippen molar-refractivity contribution in [3.05, 3.63) is 24.0 Å². The van der Waals surface area contributed by atoms with Crippen molar-refractivity contribution < 1.29 is 0 Å². The van der Waals surface area contributed by atoms with Crippen molar-refractivity contribution in [3.8, 4) is 0 Å². The summed E-state index contributed by atoms with van der Waals surface area (Å²) in [6, 6.07) is 2.75. The summed E-state index contributed by atoms with van der Waals surface area (Å²) in [5.74, 6) is 0.847. The van der Waals surface area contributed by atoms with E-state index < -0.39 is 0 Å². The molecule has 0 aromatic carbocycles. The molecule has 0 radical (unpaired) electrons. The lowest BCUT2D eigenvalue weighted by atomic mass is 9.87. The van der Waals surface area contributed by atoms with E-state index in [9.17, 15) is 0 Å². The fourth-order valence-electron chi connectivity index (χ4n) is 3.26. The molecule has 3 nitrogen and oxygen atoms in total. The van der Waals surface area contributed by atoms with Gasteiger partial charge in [-0.05, 0) is 36.8 Å². The van der Waals surface area contributed by atoms with Gasteiger partial charge in [-0.25, -0.2) is 4.98 Å². The van der Waals surface area contributed by atoms with Crippen LogP contribution in [0.4, 0.5) is 5.69 Å². The summed E-state index contributed by atoms with van der Waals surface area (Å²) < 4.78 is 0. The van der Waals surface area contributed by atoms with Gasteiger partial charge in [0.1, 0.15) is 5.65 Å². The van der Waals surface area contributed by atoms with Gasteiger partial charge in [0.15, 0.2) is 0 Å². The molecule has 2 aromatic rings. The number of hydrogen-bond acceptors (Lipinski definition) is 2. The summed E-state index contributed by atoms with van der Waals surface area (Å²) in [5, 5.41) is 5.03. The van der Waals surface area contributed by atoms with Crippen LogP contribution >= 0.6 is 0 Å². The molecule has 19 heavy (non-hydrogen) atoms. The second-order valence-corrected chi connectivity index (χ2v) is 5.86. The molecule has 2 aromatic heterocycles. The van der Waals surface area contributed by atoms with Crippen molar-refractivity contribution in [1.29, 1.82) is 0 Å². The third-order valence-electron chi connectivity index (χ3n) is 4.33. The lowest BCUT2D eigenvalue weighted by molar-refractivity contribution is 0.358. The Morgan fingerprint density at radius 2 is 2.32 bits per heavy atom. The standard InChI is InChI=1S/C16H23N3/c1-3-12-10-18-16-14(7-8-17-16)15(12)19-13-6-4-5-11(2)9-13/h7-8,10-11,13H,3-6,9H2,1-2H3,(H2,17,18,19)/t11-,13+/m1/s1. The van der Waals surface area contributed by atoms with Gasteiger partial charge >= 0.3 is 0 Å². The van der Waals surface area contributed by atoms with Gasteiger partial charge in [0.05, 0.1) is 5.69 Å². The Morgan fingerprint density at radius 1 is 1.42 bits per heavy atom. The van der Waals surface area contributed by atoms with E-state index in [0.717, 1.165) is 18.0 Å². The molecule has 2 heterocycles. The van der Waals surface area contributed by atoms with Crippen molar-refractivity contribution >= 4 is 16.7 Å². The highest BCUT2D eigenvalue weighted by Gasteiger charge is 2.20. The second kappa shape index (κ2) is 5.24. The normalized spacial score (nSPS) is 23.7. The number of aryl methyl sites for hydroxylation is 1. The summed E-state index contributed by atoms with van der Waals surface area (Å²) in [5.41, 5.74) is 3.61. The maximum Gasteiger partial charge on any atom is 0.139 e. The quantitative estimate of drug-likeness (QED) is 0.868. The molecule has 3 rings (SSSR count). The number of aromatic nitrogens is 2. The fraction of sp³-hybridized carbons (Fsp3) is 0.562. The number of fused-ring (bicyclic) bond motifs is 1. The number of H-pyrrole nitrogens is 1. The number of nitrogens with one attached hydrogen (secondary N) is 2. The number of pyridine rings is 1. The Balaban J connectivity index is 1.91. The van der Waals surface area contributed by atoms with Crippen LogP contribution in [0.2, 0.25) is 0 Å². The molecule has 1 fully saturated rings. The average Bonchev–Trinajstić information content (AvgIpc) is 2.88. The molecule has 1 aliphatic rings. The molecular formula is C16H23N3. The SMILES string of the molecule is CCc1cnc2[nH]ccc2c1N[C@H]1CCC[C@@H](C)C1. The van der Waals surface area contributed by atoms with Crippen LogP contribution in [0.25, 0.3) is 11.0 Å². The van der Waals surface area contributed by atoms with Crippen molar-refractivity contribution in [3.63, 3.8) is 0 Å². The van der Waals surface area contributed by atoms with Crippen LogP contribution in [0.5, 0.6) is 0 Å². The number of aromatic amines is 1. The van der Waals surface area contributed by atoms with Crippen LogP contribution in [0.15, 0.2) is 18.5 Å². The lowest BCUT2D eigenvalue weighted by Gasteiger charge is -2.29. The number of hydrogen-bond donors (Lipinski definition) is 2. The maximum absolute atomic E-state index is 4.49. The highest BCUT2D eigenvalue weighted by atomic mass is 14.9. The minimum atomic E-state index is 0.620. The summed E-state index contributed by atoms with van der Waals surface area (Å²) in [6.45, 7) is 4.57. The molecule has 0 aliphatic heterocycles. The van der Waals surface area contributed by atoms with Gasteiger partial charge < -0.3 is 10.3 Å². The third-order valence-corrected chi connectivity index (χ3v) is 4.33. The van der Waals surface area contributed by atoms with E-state index in [-0.39, 0.29) is 0 Å². The Bertz CT molecular complexity index is 558. The Labute approximate surface area is 114 Å². The molecule has 2 atom stereocenters. The van der Waals surface area contributed by atoms with Gasteiger partial charge in [-0.1, -0.05) is 26.7 Å². The minimum absolute atomic E-state index is 0.620. The summed E-state index contributed by atoms with van der Waals surface area (Å²) in [4.78, 5) is 7.69. The van der Waals surface area contributed by atoms with Crippen LogP contribution < -0.4 is 5.32 Å². The van der Waals surface area contributed by atoms with E-state index in [0.29, 0.717) is 6.04 Å². The first-order chi connectivity index (χ1) is 9.28. The molecule has 0 bridgehead atoms. The Morgan fingerprint density at radius 3 is 3.11 bits per heavy atom. The molecule has 102 valence electrons. The molecule has 0 amide bonds. The minimum Gasteiger partial charge on any atom is -0.381 e. The lowest BCUT2D eigenvalue weighted by Crippen LogP contribution is -2.26. The van der Waals surface area contributed by atoms with Crippen LogP contribution in [0.3, 0.4) is 0 Å². The van der Waals surface area contributed by atoms with Gasteiger partial charge in [0, 0.05) is 23.8 Å². The van der Waals surface area contributed by atoms with Gasteiger partial charge in [-0.2, -0.15) is 0 Å². The van der Waals surface area contributed by atoms with Crippen LogP contribution in [-0.4, -0.2) is 16.0 Å².